The summed E-state index contributed by atoms with van der Waals surface area (Å²) in [6, 6.07) is 0. The molecule has 0 spiro atoms. The third-order valence-electron chi connectivity index (χ3n) is 1.07. The van der Waals surface area contributed by atoms with Crippen LogP contribution < -0.4 is 0 Å². The first-order valence-corrected chi connectivity index (χ1v) is 3.81. The van der Waals surface area contributed by atoms with Crippen LogP contribution in [-0.4, -0.2) is 0 Å². The monoisotopic (exact) mass is 140 g/mol. The van der Waals surface area contributed by atoms with Gasteiger partial charge in [-0.15, -0.1) is 13.2 Å². The zero-order valence-corrected chi connectivity index (χ0v) is 7.78. The largest absolute Gasteiger partial charge is 0.103 e. The zero-order valence-electron chi connectivity index (χ0n) is 7.78. The van der Waals surface area contributed by atoms with Crippen molar-refractivity contribution in [3.8, 4) is 0 Å². The van der Waals surface area contributed by atoms with E-state index in [4.69, 9.17) is 0 Å². The minimum absolute atomic E-state index is 0.648. The smallest absolute Gasteiger partial charge is 0.0293 e. The van der Waals surface area contributed by atoms with Gasteiger partial charge in [-0.1, -0.05) is 32.4 Å². The lowest BCUT2D eigenvalue weighted by molar-refractivity contribution is 0.835. The summed E-state index contributed by atoms with van der Waals surface area (Å²) in [5, 5.41) is 0. The van der Waals surface area contributed by atoms with Crippen LogP contribution in [0.4, 0.5) is 0 Å². The molecule has 0 unspecified atom stereocenters. The van der Waals surface area contributed by atoms with Crippen LogP contribution in [0.5, 0.6) is 0 Å². The van der Waals surface area contributed by atoms with E-state index in [2.05, 4.69) is 33.9 Å². The van der Waals surface area contributed by atoms with Crippen molar-refractivity contribution < 1.29 is 0 Å². The first kappa shape index (κ1) is 12.2. The van der Waals surface area contributed by atoms with Crippen molar-refractivity contribution in [2.75, 3.05) is 0 Å². The van der Waals surface area contributed by atoms with Crippen molar-refractivity contribution in [3.05, 3.63) is 24.8 Å². The maximum atomic E-state index is 3.67. The Hall–Kier alpha value is -0.520. The molecule has 0 amide bonds. The second-order valence-electron chi connectivity index (χ2n) is 2.79. The number of hydrogen-bond donors (Lipinski definition) is 0. The Labute approximate surface area is 65.7 Å². The first-order chi connectivity index (χ1) is 4.54. The van der Waals surface area contributed by atoms with E-state index in [9.17, 15) is 0 Å². The van der Waals surface area contributed by atoms with Gasteiger partial charge < -0.3 is 0 Å². The van der Waals surface area contributed by atoms with Gasteiger partial charge in [0.25, 0.3) is 0 Å². The molecule has 0 fully saturated rings. The van der Waals surface area contributed by atoms with Crippen molar-refractivity contribution >= 4 is 0 Å². The Morgan fingerprint density at radius 3 is 1.70 bits per heavy atom. The van der Waals surface area contributed by atoms with Gasteiger partial charge in [-0.25, -0.2) is 0 Å². The Balaban J connectivity index is 0. The fourth-order valence-electron chi connectivity index (χ4n) is 0. The molecule has 0 aromatic heterocycles. The van der Waals surface area contributed by atoms with E-state index in [0.717, 1.165) is 6.42 Å². The maximum Gasteiger partial charge on any atom is -0.0293 e. The fourth-order valence-corrected chi connectivity index (χ4v) is 0. The highest BCUT2D eigenvalue weighted by molar-refractivity contribution is 4.84. The van der Waals surface area contributed by atoms with Crippen molar-refractivity contribution in [2.24, 2.45) is 5.92 Å². The van der Waals surface area contributed by atoms with Crippen LogP contribution in [0.2, 0.25) is 0 Å². The van der Waals surface area contributed by atoms with Gasteiger partial charge >= 0.3 is 0 Å². The molecule has 0 heterocycles. The average Bonchev–Trinajstić information content (AvgIpc) is 1.89. The number of allylic oxidation sites excluding steroid dienone is 2. The third-order valence-corrected chi connectivity index (χ3v) is 1.07. The predicted molar refractivity (Wildman–Crippen MR) is 50.1 cm³/mol. The fraction of sp³-hybridized carbons (Fsp3) is 0.600. The van der Waals surface area contributed by atoms with Crippen LogP contribution in [0.25, 0.3) is 0 Å². The minimum Gasteiger partial charge on any atom is -0.103 e. The van der Waals surface area contributed by atoms with Gasteiger partial charge in [0.1, 0.15) is 0 Å². The van der Waals surface area contributed by atoms with Gasteiger partial charge in [-0.3, -0.25) is 0 Å². The van der Waals surface area contributed by atoms with Crippen LogP contribution in [0, 0.1) is 5.92 Å². The van der Waals surface area contributed by atoms with E-state index in [-0.39, 0.29) is 0 Å². The predicted octanol–water partition coefficient (Wildman–Crippen LogP) is 3.80. The summed E-state index contributed by atoms with van der Waals surface area (Å²) >= 11 is 0. The van der Waals surface area contributed by atoms with Gasteiger partial charge in [0.2, 0.25) is 0 Å². The normalized spacial score (nSPS) is 8.10. The molecule has 0 aliphatic heterocycles. The highest BCUT2D eigenvalue weighted by Gasteiger charge is 1.73. The van der Waals surface area contributed by atoms with Gasteiger partial charge in [-0.05, 0) is 19.3 Å². The topological polar surface area (TPSA) is 0 Å². The van der Waals surface area contributed by atoms with Crippen molar-refractivity contribution in [2.45, 2.75) is 34.1 Å². The van der Waals surface area contributed by atoms with Gasteiger partial charge in [0.05, 0.1) is 0 Å². The Kier molecular flexibility index (Phi) is 10.3. The van der Waals surface area contributed by atoms with E-state index in [1.165, 1.54) is 5.57 Å². The lowest BCUT2D eigenvalue weighted by Crippen LogP contribution is -1.71. The Morgan fingerprint density at radius 1 is 1.50 bits per heavy atom. The molecule has 0 atom stereocenters. The molecule has 0 radical (unpaired) electrons. The van der Waals surface area contributed by atoms with Crippen molar-refractivity contribution in [3.63, 3.8) is 0 Å². The summed E-state index contributed by atoms with van der Waals surface area (Å²) < 4.78 is 0. The quantitative estimate of drug-likeness (QED) is 0.512. The van der Waals surface area contributed by atoms with Crippen LogP contribution in [0.15, 0.2) is 24.8 Å². The maximum absolute atomic E-state index is 3.67. The summed E-state index contributed by atoms with van der Waals surface area (Å²) in [4.78, 5) is 0. The molecule has 0 saturated heterocycles. The summed E-state index contributed by atoms with van der Waals surface area (Å²) in [6.07, 6.45) is 3.03. The molecular weight excluding hydrogens is 120 g/mol. The van der Waals surface area contributed by atoms with Gasteiger partial charge in [0, 0.05) is 0 Å². The molecule has 0 aliphatic carbocycles. The second kappa shape index (κ2) is 8.48. The Morgan fingerprint density at radius 2 is 1.70 bits per heavy atom. The van der Waals surface area contributed by atoms with E-state index < -0.39 is 0 Å². The summed E-state index contributed by atoms with van der Waals surface area (Å²) in [5.41, 5.74) is 1.25. The summed E-state index contributed by atoms with van der Waals surface area (Å²) in [6.45, 7) is 15.6. The van der Waals surface area contributed by atoms with E-state index in [1.54, 1.807) is 0 Å². The van der Waals surface area contributed by atoms with Crippen LogP contribution in [0.3, 0.4) is 0 Å². The Bertz CT molecular complexity index is 88.2. The summed E-state index contributed by atoms with van der Waals surface area (Å²) in [5.74, 6) is 0.648. The summed E-state index contributed by atoms with van der Waals surface area (Å²) in [7, 11) is 0. The average molecular weight is 140 g/mol. The van der Waals surface area contributed by atoms with Crippen LogP contribution >= 0.6 is 0 Å². The molecule has 0 aromatic carbocycles. The minimum atomic E-state index is 0.648. The standard InChI is InChI=1S/2C5H10/c2*1-4-5(2)3/h2,4H2,1,3H3;4-5H,1H2,2-3H3. The van der Waals surface area contributed by atoms with E-state index in [1.807, 2.05) is 13.0 Å². The van der Waals surface area contributed by atoms with E-state index in [0.29, 0.717) is 5.92 Å². The van der Waals surface area contributed by atoms with E-state index >= 15 is 0 Å². The first-order valence-electron chi connectivity index (χ1n) is 3.81. The van der Waals surface area contributed by atoms with Crippen molar-refractivity contribution in [1.82, 2.24) is 0 Å². The molecule has 0 rings (SSSR count). The molecule has 0 nitrogen and oxygen atoms in total. The van der Waals surface area contributed by atoms with Gasteiger partial charge in [-0.2, -0.15) is 0 Å². The highest BCUT2D eigenvalue weighted by atomic mass is 13.8. The molecular formula is C10H20. The molecule has 60 valence electrons. The molecule has 0 heteroatoms. The van der Waals surface area contributed by atoms with Gasteiger partial charge in [0.15, 0.2) is 0 Å². The highest BCUT2D eigenvalue weighted by Crippen LogP contribution is 1.88. The van der Waals surface area contributed by atoms with Crippen LogP contribution in [0.1, 0.15) is 34.1 Å². The number of rotatable bonds is 2. The molecule has 0 bridgehead atoms. The molecule has 10 heavy (non-hydrogen) atoms. The molecule has 0 saturated carbocycles. The third kappa shape index (κ3) is 25.9. The van der Waals surface area contributed by atoms with Crippen molar-refractivity contribution in [1.29, 1.82) is 0 Å². The van der Waals surface area contributed by atoms with Crippen LogP contribution in [-0.2, 0) is 0 Å². The molecule has 0 aliphatic rings. The lowest BCUT2D eigenvalue weighted by Gasteiger charge is -1.84. The molecule has 0 N–H and O–H groups in total. The SMILES string of the molecule is C=C(C)CC.C=CC(C)C. The second-order valence-corrected chi connectivity index (χ2v) is 2.79. The zero-order chi connectivity index (χ0) is 8.57. The number of hydrogen-bond acceptors (Lipinski definition) is 0. The lowest BCUT2D eigenvalue weighted by atomic mass is 10.2. The molecule has 0 aromatic rings.